The van der Waals surface area contributed by atoms with Gasteiger partial charge in [0, 0.05) is 37.0 Å². The Labute approximate surface area is 100 Å². The first-order chi connectivity index (χ1) is 8.33. The largest absolute Gasteiger partial charge is 0.493 e. The SMILES string of the molecule is O=C1CC(NC2CCOc3ccccc32)CN1. The van der Waals surface area contributed by atoms with E-state index >= 15 is 0 Å². The summed E-state index contributed by atoms with van der Waals surface area (Å²) in [5, 5.41) is 6.39. The fourth-order valence-electron chi connectivity index (χ4n) is 2.52. The predicted molar refractivity (Wildman–Crippen MR) is 63.8 cm³/mol. The number of carbonyl (C=O) groups is 1. The van der Waals surface area contributed by atoms with Crippen molar-refractivity contribution in [1.29, 1.82) is 0 Å². The molecule has 0 aliphatic carbocycles. The van der Waals surface area contributed by atoms with Crippen molar-refractivity contribution < 1.29 is 9.53 Å². The summed E-state index contributed by atoms with van der Waals surface area (Å²) in [7, 11) is 0. The lowest BCUT2D eigenvalue weighted by Crippen LogP contribution is -2.36. The van der Waals surface area contributed by atoms with Gasteiger partial charge in [-0.15, -0.1) is 0 Å². The van der Waals surface area contributed by atoms with E-state index in [0.29, 0.717) is 12.5 Å². The number of nitrogens with one attached hydrogen (secondary N) is 2. The van der Waals surface area contributed by atoms with Gasteiger partial charge in [-0.2, -0.15) is 0 Å². The standard InChI is InChI=1S/C13H16N2O2/c16-13-7-9(8-14-13)15-11-5-6-17-12-4-2-1-3-10(11)12/h1-4,9,11,15H,5-8H2,(H,14,16). The molecule has 0 radical (unpaired) electrons. The third-order valence-corrected chi connectivity index (χ3v) is 3.37. The predicted octanol–water partition coefficient (Wildman–Crippen LogP) is 0.988. The van der Waals surface area contributed by atoms with Crippen LogP contribution in [0.4, 0.5) is 0 Å². The van der Waals surface area contributed by atoms with Crippen molar-refractivity contribution in [2.24, 2.45) is 0 Å². The van der Waals surface area contributed by atoms with Crippen LogP contribution in [0.5, 0.6) is 5.75 Å². The first-order valence-electron chi connectivity index (χ1n) is 6.07. The number of benzene rings is 1. The molecule has 2 heterocycles. The number of hydrogen-bond donors (Lipinski definition) is 2. The summed E-state index contributed by atoms with van der Waals surface area (Å²) in [5.41, 5.74) is 1.21. The zero-order valence-corrected chi connectivity index (χ0v) is 9.61. The van der Waals surface area contributed by atoms with Gasteiger partial charge in [0.05, 0.1) is 6.61 Å². The van der Waals surface area contributed by atoms with Gasteiger partial charge in [-0.3, -0.25) is 4.79 Å². The number of para-hydroxylation sites is 1. The lowest BCUT2D eigenvalue weighted by molar-refractivity contribution is -0.119. The highest BCUT2D eigenvalue weighted by atomic mass is 16.5. The summed E-state index contributed by atoms with van der Waals surface area (Å²) in [6, 6.07) is 8.66. The van der Waals surface area contributed by atoms with E-state index in [1.807, 2.05) is 18.2 Å². The maximum atomic E-state index is 11.2. The molecular formula is C13H16N2O2. The number of ether oxygens (including phenoxy) is 1. The molecule has 90 valence electrons. The van der Waals surface area contributed by atoms with Crippen LogP contribution in [-0.2, 0) is 4.79 Å². The van der Waals surface area contributed by atoms with Gasteiger partial charge in [0.15, 0.2) is 0 Å². The summed E-state index contributed by atoms with van der Waals surface area (Å²) in [6.45, 7) is 1.47. The molecule has 1 aromatic carbocycles. The Morgan fingerprint density at radius 1 is 1.35 bits per heavy atom. The summed E-state index contributed by atoms with van der Waals surface area (Å²) in [6.07, 6.45) is 1.54. The molecule has 3 rings (SSSR count). The minimum absolute atomic E-state index is 0.142. The second-order valence-corrected chi connectivity index (χ2v) is 4.60. The van der Waals surface area contributed by atoms with Crippen molar-refractivity contribution in [1.82, 2.24) is 10.6 Å². The molecule has 1 saturated heterocycles. The maximum Gasteiger partial charge on any atom is 0.221 e. The van der Waals surface area contributed by atoms with Crippen LogP contribution in [0, 0.1) is 0 Å². The Hall–Kier alpha value is -1.55. The van der Waals surface area contributed by atoms with Gasteiger partial charge < -0.3 is 15.4 Å². The van der Waals surface area contributed by atoms with E-state index in [1.54, 1.807) is 0 Å². The molecule has 4 heteroatoms. The first kappa shape index (κ1) is 10.6. The number of rotatable bonds is 2. The minimum Gasteiger partial charge on any atom is -0.493 e. The monoisotopic (exact) mass is 232 g/mol. The van der Waals surface area contributed by atoms with E-state index < -0.39 is 0 Å². The van der Waals surface area contributed by atoms with E-state index in [2.05, 4.69) is 16.7 Å². The van der Waals surface area contributed by atoms with Crippen LogP contribution in [0.2, 0.25) is 0 Å². The summed E-state index contributed by atoms with van der Waals surface area (Å²) < 4.78 is 5.62. The van der Waals surface area contributed by atoms with Crippen LogP contribution in [0.15, 0.2) is 24.3 Å². The van der Waals surface area contributed by atoms with E-state index in [-0.39, 0.29) is 11.9 Å². The Bertz CT molecular complexity index is 433. The van der Waals surface area contributed by atoms with Crippen molar-refractivity contribution in [3.63, 3.8) is 0 Å². The fourth-order valence-corrected chi connectivity index (χ4v) is 2.52. The molecule has 2 aliphatic rings. The molecule has 1 fully saturated rings. The van der Waals surface area contributed by atoms with Gasteiger partial charge in [0.2, 0.25) is 5.91 Å². The zero-order chi connectivity index (χ0) is 11.7. The van der Waals surface area contributed by atoms with Crippen molar-refractivity contribution >= 4 is 5.91 Å². The van der Waals surface area contributed by atoms with Crippen molar-refractivity contribution in [3.8, 4) is 5.75 Å². The Kier molecular flexibility index (Phi) is 2.73. The highest BCUT2D eigenvalue weighted by Gasteiger charge is 2.27. The van der Waals surface area contributed by atoms with Crippen molar-refractivity contribution in [2.45, 2.75) is 24.9 Å². The quantitative estimate of drug-likeness (QED) is 0.799. The third-order valence-electron chi connectivity index (χ3n) is 3.37. The molecule has 17 heavy (non-hydrogen) atoms. The first-order valence-corrected chi connectivity index (χ1v) is 6.07. The Morgan fingerprint density at radius 2 is 2.24 bits per heavy atom. The number of fused-ring (bicyclic) bond motifs is 1. The number of hydrogen-bond acceptors (Lipinski definition) is 3. The van der Waals surface area contributed by atoms with Crippen LogP contribution >= 0.6 is 0 Å². The summed E-state index contributed by atoms with van der Waals surface area (Å²) >= 11 is 0. The van der Waals surface area contributed by atoms with Crippen LogP contribution in [0.25, 0.3) is 0 Å². The molecule has 2 unspecified atom stereocenters. The average molecular weight is 232 g/mol. The van der Waals surface area contributed by atoms with Crippen LogP contribution in [0.3, 0.4) is 0 Å². The number of carbonyl (C=O) groups excluding carboxylic acids is 1. The molecule has 0 spiro atoms. The van der Waals surface area contributed by atoms with Crippen LogP contribution in [0.1, 0.15) is 24.4 Å². The molecule has 2 atom stereocenters. The molecule has 0 aromatic heterocycles. The van der Waals surface area contributed by atoms with Gasteiger partial charge in [-0.1, -0.05) is 18.2 Å². The smallest absolute Gasteiger partial charge is 0.221 e. The minimum atomic E-state index is 0.142. The normalized spacial score (nSPS) is 27.2. The van der Waals surface area contributed by atoms with E-state index in [1.165, 1.54) is 5.56 Å². The highest BCUT2D eigenvalue weighted by Crippen LogP contribution is 2.32. The second-order valence-electron chi connectivity index (χ2n) is 4.60. The lowest BCUT2D eigenvalue weighted by Gasteiger charge is -2.28. The average Bonchev–Trinajstić information content (AvgIpc) is 2.75. The van der Waals surface area contributed by atoms with Gasteiger partial charge in [-0.05, 0) is 6.07 Å². The van der Waals surface area contributed by atoms with Gasteiger partial charge in [0.25, 0.3) is 0 Å². The topological polar surface area (TPSA) is 50.4 Å². The molecule has 1 amide bonds. The van der Waals surface area contributed by atoms with E-state index in [0.717, 1.165) is 25.3 Å². The highest BCUT2D eigenvalue weighted by molar-refractivity contribution is 5.78. The number of amides is 1. The molecule has 1 aromatic rings. The van der Waals surface area contributed by atoms with Crippen molar-refractivity contribution in [2.75, 3.05) is 13.2 Å². The lowest BCUT2D eigenvalue weighted by atomic mass is 9.99. The van der Waals surface area contributed by atoms with Gasteiger partial charge in [0.1, 0.15) is 5.75 Å². The third kappa shape index (κ3) is 2.13. The van der Waals surface area contributed by atoms with Crippen LogP contribution in [-0.4, -0.2) is 25.1 Å². The molecular weight excluding hydrogens is 216 g/mol. The maximum absolute atomic E-state index is 11.2. The fraction of sp³-hybridized carbons (Fsp3) is 0.462. The molecule has 0 bridgehead atoms. The van der Waals surface area contributed by atoms with E-state index in [4.69, 9.17) is 4.74 Å². The Morgan fingerprint density at radius 3 is 3.06 bits per heavy atom. The van der Waals surface area contributed by atoms with E-state index in [9.17, 15) is 4.79 Å². The summed E-state index contributed by atoms with van der Waals surface area (Å²) in [4.78, 5) is 11.2. The van der Waals surface area contributed by atoms with Gasteiger partial charge in [-0.25, -0.2) is 0 Å². The molecule has 2 N–H and O–H groups in total. The molecule has 0 saturated carbocycles. The Balaban J connectivity index is 1.74. The van der Waals surface area contributed by atoms with Crippen LogP contribution < -0.4 is 15.4 Å². The second kappa shape index (κ2) is 4.37. The van der Waals surface area contributed by atoms with Gasteiger partial charge >= 0.3 is 0 Å². The van der Waals surface area contributed by atoms with Crippen molar-refractivity contribution in [3.05, 3.63) is 29.8 Å². The molecule has 2 aliphatic heterocycles. The summed E-state index contributed by atoms with van der Waals surface area (Å²) in [5.74, 6) is 1.11. The molecule has 4 nitrogen and oxygen atoms in total. The zero-order valence-electron chi connectivity index (χ0n) is 9.61.